The fourth-order valence-electron chi connectivity index (χ4n) is 2.47. The molecule has 1 aliphatic heterocycles. The molecule has 102 valence electrons. The molecule has 0 radical (unpaired) electrons. The van der Waals surface area contributed by atoms with Crippen molar-refractivity contribution in [1.29, 1.82) is 0 Å². The Hall–Kier alpha value is -0.120. The minimum absolute atomic E-state index is 0.0190. The van der Waals surface area contributed by atoms with Crippen molar-refractivity contribution in [2.24, 2.45) is 5.41 Å². The molecule has 0 aromatic rings. The molecule has 3 heteroatoms. The molecule has 1 rings (SSSR count). The van der Waals surface area contributed by atoms with Gasteiger partial charge >= 0.3 is 0 Å². The van der Waals surface area contributed by atoms with Gasteiger partial charge in [0, 0.05) is 25.8 Å². The summed E-state index contributed by atoms with van der Waals surface area (Å²) in [5.41, 5.74) is 0.288. The molecule has 2 N–H and O–H groups in total. The topological polar surface area (TPSA) is 41.5 Å². The van der Waals surface area contributed by atoms with E-state index in [0.717, 1.165) is 38.8 Å². The molecule has 1 atom stereocenters. The van der Waals surface area contributed by atoms with Crippen molar-refractivity contribution in [1.82, 2.24) is 5.32 Å². The Labute approximate surface area is 106 Å². The predicted octanol–water partition coefficient (Wildman–Crippen LogP) is 2.33. The zero-order valence-corrected chi connectivity index (χ0v) is 11.9. The van der Waals surface area contributed by atoms with Crippen LogP contribution in [0, 0.1) is 5.41 Å². The molecule has 0 spiro atoms. The third-order valence-corrected chi connectivity index (χ3v) is 3.58. The molecule has 1 unspecified atom stereocenters. The lowest BCUT2D eigenvalue weighted by Crippen LogP contribution is -2.46. The number of hydrogen-bond acceptors (Lipinski definition) is 3. The quantitative estimate of drug-likeness (QED) is 0.752. The Morgan fingerprint density at radius 2 is 2.12 bits per heavy atom. The number of aliphatic hydroxyl groups excluding tert-OH is 1. The van der Waals surface area contributed by atoms with Crippen molar-refractivity contribution in [3.8, 4) is 0 Å². The van der Waals surface area contributed by atoms with Gasteiger partial charge < -0.3 is 15.2 Å². The van der Waals surface area contributed by atoms with E-state index in [1.54, 1.807) is 0 Å². The van der Waals surface area contributed by atoms with Crippen LogP contribution in [0.5, 0.6) is 0 Å². The number of hydrogen-bond donors (Lipinski definition) is 2. The molecule has 1 aliphatic rings. The van der Waals surface area contributed by atoms with E-state index in [0.29, 0.717) is 12.6 Å². The Kier molecular flexibility index (Phi) is 5.42. The highest BCUT2D eigenvalue weighted by Crippen LogP contribution is 2.26. The van der Waals surface area contributed by atoms with Crippen molar-refractivity contribution in [3.63, 3.8) is 0 Å². The van der Waals surface area contributed by atoms with E-state index >= 15 is 0 Å². The van der Waals surface area contributed by atoms with Crippen LogP contribution in [0.3, 0.4) is 0 Å². The zero-order chi connectivity index (χ0) is 12.9. The van der Waals surface area contributed by atoms with Gasteiger partial charge in [-0.1, -0.05) is 13.8 Å². The second-order valence-corrected chi connectivity index (χ2v) is 6.67. The molecule has 0 saturated carbocycles. The molecule has 0 aromatic heterocycles. The summed E-state index contributed by atoms with van der Waals surface area (Å²) < 4.78 is 5.72. The van der Waals surface area contributed by atoms with Crippen LogP contribution in [0.25, 0.3) is 0 Å². The van der Waals surface area contributed by atoms with Gasteiger partial charge in [-0.2, -0.15) is 0 Å². The molecule has 0 aromatic carbocycles. The van der Waals surface area contributed by atoms with Crippen molar-refractivity contribution in [2.45, 2.75) is 65.0 Å². The molecular weight excluding hydrogens is 214 g/mol. The Morgan fingerprint density at radius 1 is 1.41 bits per heavy atom. The highest BCUT2D eigenvalue weighted by molar-refractivity contribution is 4.84. The van der Waals surface area contributed by atoms with Gasteiger partial charge in [0.25, 0.3) is 0 Å². The van der Waals surface area contributed by atoms with E-state index in [1.807, 2.05) is 0 Å². The Morgan fingerprint density at radius 3 is 2.71 bits per heavy atom. The molecule has 17 heavy (non-hydrogen) atoms. The summed E-state index contributed by atoms with van der Waals surface area (Å²) in [5, 5.41) is 12.5. The SMILES string of the molecule is CC(C)(CCCO)CNC1CCOC(C)(C)C1. The average Bonchev–Trinajstić information content (AvgIpc) is 2.23. The van der Waals surface area contributed by atoms with E-state index in [9.17, 15) is 0 Å². The maximum Gasteiger partial charge on any atom is 0.0641 e. The number of ether oxygens (including phenoxy) is 1. The number of nitrogens with one attached hydrogen (secondary N) is 1. The summed E-state index contributed by atoms with van der Waals surface area (Å²) in [6.07, 6.45) is 4.17. The van der Waals surface area contributed by atoms with Crippen LogP contribution in [-0.4, -0.2) is 36.5 Å². The highest BCUT2D eigenvalue weighted by atomic mass is 16.5. The summed E-state index contributed by atoms with van der Waals surface area (Å²) in [6, 6.07) is 0.576. The number of rotatable bonds is 6. The normalized spacial score (nSPS) is 24.9. The van der Waals surface area contributed by atoms with Crippen molar-refractivity contribution >= 4 is 0 Å². The van der Waals surface area contributed by atoms with Crippen LogP contribution in [-0.2, 0) is 4.74 Å². The van der Waals surface area contributed by atoms with Gasteiger partial charge in [-0.3, -0.25) is 0 Å². The van der Waals surface area contributed by atoms with E-state index < -0.39 is 0 Å². The van der Waals surface area contributed by atoms with E-state index in [4.69, 9.17) is 9.84 Å². The fraction of sp³-hybridized carbons (Fsp3) is 1.00. The first kappa shape index (κ1) is 14.9. The standard InChI is InChI=1S/C14H29NO2/c1-13(2,7-5-8-16)11-15-12-6-9-17-14(3,4)10-12/h12,15-16H,5-11H2,1-4H3. The fourth-order valence-corrected chi connectivity index (χ4v) is 2.47. The summed E-state index contributed by atoms with van der Waals surface area (Å²) in [7, 11) is 0. The van der Waals surface area contributed by atoms with Crippen molar-refractivity contribution in [2.75, 3.05) is 19.8 Å². The summed E-state index contributed by atoms with van der Waals surface area (Å²) in [4.78, 5) is 0. The average molecular weight is 243 g/mol. The van der Waals surface area contributed by atoms with Crippen LogP contribution in [0.15, 0.2) is 0 Å². The van der Waals surface area contributed by atoms with Crippen molar-refractivity contribution in [3.05, 3.63) is 0 Å². The summed E-state index contributed by atoms with van der Waals surface area (Å²) in [6.45, 7) is 11.0. The minimum atomic E-state index is 0.0190. The molecule has 3 nitrogen and oxygen atoms in total. The van der Waals surface area contributed by atoms with Gasteiger partial charge in [0.15, 0.2) is 0 Å². The lowest BCUT2D eigenvalue weighted by atomic mass is 9.86. The molecule has 0 aliphatic carbocycles. The van der Waals surface area contributed by atoms with Crippen LogP contribution in [0.2, 0.25) is 0 Å². The van der Waals surface area contributed by atoms with E-state index in [1.165, 1.54) is 0 Å². The van der Waals surface area contributed by atoms with Gasteiger partial charge in [0.1, 0.15) is 0 Å². The second kappa shape index (κ2) is 6.17. The molecular formula is C14H29NO2. The summed E-state index contributed by atoms with van der Waals surface area (Å²) >= 11 is 0. The minimum Gasteiger partial charge on any atom is -0.396 e. The van der Waals surface area contributed by atoms with E-state index in [2.05, 4.69) is 33.0 Å². The van der Waals surface area contributed by atoms with Crippen LogP contribution < -0.4 is 5.32 Å². The molecule has 1 saturated heterocycles. The Bertz CT molecular complexity index is 226. The first-order valence-electron chi connectivity index (χ1n) is 6.83. The van der Waals surface area contributed by atoms with Crippen LogP contribution >= 0.6 is 0 Å². The van der Waals surface area contributed by atoms with E-state index in [-0.39, 0.29) is 11.0 Å². The second-order valence-electron chi connectivity index (χ2n) is 6.67. The lowest BCUT2D eigenvalue weighted by molar-refractivity contribution is -0.0637. The highest BCUT2D eigenvalue weighted by Gasteiger charge is 2.29. The van der Waals surface area contributed by atoms with Gasteiger partial charge in [-0.25, -0.2) is 0 Å². The van der Waals surface area contributed by atoms with Gasteiger partial charge in [-0.05, 0) is 44.9 Å². The number of aliphatic hydroxyl groups is 1. The third kappa shape index (κ3) is 5.84. The predicted molar refractivity (Wildman–Crippen MR) is 71.2 cm³/mol. The van der Waals surface area contributed by atoms with Crippen LogP contribution in [0.4, 0.5) is 0 Å². The van der Waals surface area contributed by atoms with Crippen LogP contribution in [0.1, 0.15) is 53.4 Å². The molecule has 0 bridgehead atoms. The maximum atomic E-state index is 8.88. The largest absolute Gasteiger partial charge is 0.396 e. The van der Waals surface area contributed by atoms with Gasteiger partial charge in [0.05, 0.1) is 5.60 Å². The van der Waals surface area contributed by atoms with Gasteiger partial charge in [-0.15, -0.1) is 0 Å². The third-order valence-electron chi connectivity index (χ3n) is 3.58. The summed E-state index contributed by atoms with van der Waals surface area (Å²) in [5.74, 6) is 0. The Balaban J connectivity index is 2.29. The zero-order valence-electron chi connectivity index (χ0n) is 11.9. The maximum absolute atomic E-state index is 8.88. The molecule has 1 fully saturated rings. The molecule has 1 heterocycles. The van der Waals surface area contributed by atoms with Gasteiger partial charge in [0.2, 0.25) is 0 Å². The lowest BCUT2D eigenvalue weighted by Gasteiger charge is -2.37. The molecule has 0 amide bonds. The smallest absolute Gasteiger partial charge is 0.0641 e. The first-order valence-corrected chi connectivity index (χ1v) is 6.83. The van der Waals surface area contributed by atoms with Crippen molar-refractivity contribution < 1.29 is 9.84 Å². The first-order chi connectivity index (χ1) is 7.85. The monoisotopic (exact) mass is 243 g/mol.